The molecule has 0 N–H and O–H groups in total. The van der Waals surface area contributed by atoms with Crippen LogP contribution in [0.3, 0.4) is 0 Å². The highest BCUT2D eigenvalue weighted by Crippen LogP contribution is 2.19. The third-order valence-electron chi connectivity index (χ3n) is 1.90. The summed E-state index contributed by atoms with van der Waals surface area (Å²) in [5.74, 6) is -0.695. The Bertz CT molecular complexity index is 319. The highest BCUT2D eigenvalue weighted by molar-refractivity contribution is 5.70. The summed E-state index contributed by atoms with van der Waals surface area (Å²) in [6.07, 6.45) is -4.74. The first kappa shape index (κ1) is 5.38. The summed E-state index contributed by atoms with van der Waals surface area (Å²) < 4.78 is 44.1. The Labute approximate surface area is 87.7 Å². The molecule has 1 rings (SSSR count). The van der Waals surface area contributed by atoms with Crippen molar-refractivity contribution in [2.75, 3.05) is 0 Å². The van der Waals surface area contributed by atoms with Gasteiger partial charge in [0.15, 0.2) is 0 Å². The molecule has 0 aromatic rings. The van der Waals surface area contributed by atoms with Crippen LogP contribution in [0.15, 0.2) is 0 Å². The lowest BCUT2D eigenvalue weighted by molar-refractivity contribution is -0.154. The molecule has 1 saturated heterocycles. The fraction of sp³-hybridized carbons (Fsp3) is 0.909. The van der Waals surface area contributed by atoms with Gasteiger partial charge in [-0.3, -0.25) is 4.79 Å². The first-order chi connectivity index (χ1) is 8.16. The molecule has 0 aromatic heterocycles. The average molecular weight is 189 g/mol. The quantitative estimate of drug-likeness (QED) is 0.491. The van der Waals surface area contributed by atoms with Gasteiger partial charge >= 0.3 is 5.97 Å². The number of carbonyl (C=O) groups excluding carboxylic acids is 1. The van der Waals surface area contributed by atoms with Crippen LogP contribution in [0.4, 0.5) is 0 Å². The lowest BCUT2D eigenvalue weighted by Gasteiger charge is -2.21. The lowest BCUT2D eigenvalue weighted by Crippen LogP contribution is -2.23. The number of ether oxygens (including phenoxy) is 1. The van der Waals surface area contributed by atoms with Gasteiger partial charge in [-0.1, -0.05) is 26.2 Å². The summed E-state index contributed by atoms with van der Waals surface area (Å²) >= 11 is 0. The SMILES string of the molecule is [2H]C([2H])(CCCCC)C1([2H])OC(=O)CCC1([2H])[2H]. The molecule has 0 aliphatic carbocycles. The average Bonchev–Trinajstić information content (AvgIpc) is 2.24. The van der Waals surface area contributed by atoms with E-state index in [2.05, 4.69) is 0 Å². The van der Waals surface area contributed by atoms with Gasteiger partial charge in [0.25, 0.3) is 0 Å². The van der Waals surface area contributed by atoms with Crippen LogP contribution in [0.25, 0.3) is 0 Å². The summed E-state index contributed by atoms with van der Waals surface area (Å²) in [5.41, 5.74) is 0. The predicted molar refractivity (Wildman–Crippen MR) is 52.5 cm³/mol. The third-order valence-corrected chi connectivity index (χ3v) is 1.90. The molecule has 0 radical (unpaired) electrons. The van der Waals surface area contributed by atoms with Crippen molar-refractivity contribution in [1.82, 2.24) is 0 Å². The summed E-state index contributed by atoms with van der Waals surface area (Å²) in [4.78, 5) is 11.3. The van der Waals surface area contributed by atoms with Gasteiger partial charge < -0.3 is 4.74 Å². The maximum absolute atomic E-state index is 11.3. The molecule has 0 bridgehead atoms. The minimum atomic E-state index is -2.44. The van der Waals surface area contributed by atoms with Crippen molar-refractivity contribution in [3.63, 3.8) is 0 Å². The van der Waals surface area contributed by atoms with Gasteiger partial charge in [-0.25, -0.2) is 0 Å². The molecule has 0 amide bonds. The second kappa shape index (κ2) is 6.01. The van der Waals surface area contributed by atoms with Gasteiger partial charge in [0.1, 0.15) is 6.08 Å². The Kier molecular flexibility index (Phi) is 2.48. The zero-order valence-corrected chi connectivity index (χ0v) is 8.06. The minimum absolute atomic E-state index is 0.0249. The molecule has 0 spiro atoms. The highest BCUT2D eigenvalue weighted by Gasteiger charge is 2.19. The minimum Gasteiger partial charge on any atom is -0.462 e. The number of carbonyl (C=O) groups is 1. The first-order valence-electron chi connectivity index (χ1n) is 7.38. The Morgan fingerprint density at radius 1 is 1.69 bits per heavy atom. The molecule has 0 aromatic carbocycles. The van der Waals surface area contributed by atoms with E-state index in [0.717, 1.165) is 12.8 Å². The number of hydrogen-bond donors (Lipinski definition) is 0. The number of unbranched alkanes of at least 4 members (excludes halogenated alkanes) is 2. The first-order valence-corrected chi connectivity index (χ1v) is 4.88. The fourth-order valence-corrected chi connectivity index (χ4v) is 1.15. The van der Waals surface area contributed by atoms with Crippen LogP contribution >= 0.6 is 0 Å². The number of cyclic esters (lactones) is 1. The van der Waals surface area contributed by atoms with E-state index >= 15 is 0 Å². The molecule has 13 heavy (non-hydrogen) atoms. The summed E-state index contributed by atoms with van der Waals surface area (Å²) in [7, 11) is 0. The summed E-state index contributed by atoms with van der Waals surface area (Å²) in [5, 5.41) is 0. The van der Waals surface area contributed by atoms with Crippen LogP contribution in [-0.4, -0.2) is 12.0 Å². The normalized spacial score (nSPS) is 39.2. The second-order valence-corrected chi connectivity index (χ2v) is 3.11. The second-order valence-electron chi connectivity index (χ2n) is 3.11. The molecule has 1 heterocycles. The topological polar surface area (TPSA) is 26.3 Å². The molecule has 0 saturated carbocycles. The van der Waals surface area contributed by atoms with Crippen LogP contribution in [0.2, 0.25) is 0 Å². The van der Waals surface area contributed by atoms with Crippen molar-refractivity contribution in [3.8, 4) is 0 Å². The molecular formula is C11H20O2. The maximum atomic E-state index is 11.3. The van der Waals surface area contributed by atoms with E-state index in [1.165, 1.54) is 0 Å². The molecular weight excluding hydrogens is 164 g/mol. The van der Waals surface area contributed by atoms with E-state index in [9.17, 15) is 4.79 Å². The summed E-state index contributed by atoms with van der Waals surface area (Å²) in [6, 6.07) is 0. The molecule has 2 nitrogen and oxygen atoms in total. The van der Waals surface area contributed by atoms with Gasteiger partial charge in [0.05, 0.1) is 1.37 Å². The smallest absolute Gasteiger partial charge is 0.306 e. The maximum Gasteiger partial charge on any atom is 0.306 e. The molecule has 1 fully saturated rings. The molecule has 76 valence electrons. The van der Waals surface area contributed by atoms with Gasteiger partial charge in [-0.15, -0.1) is 0 Å². The van der Waals surface area contributed by atoms with Crippen molar-refractivity contribution >= 4 is 5.97 Å². The van der Waals surface area contributed by atoms with E-state index in [1.54, 1.807) is 0 Å². The van der Waals surface area contributed by atoms with Crippen molar-refractivity contribution in [3.05, 3.63) is 0 Å². The number of rotatable bonds is 5. The van der Waals surface area contributed by atoms with Crippen molar-refractivity contribution in [2.24, 2.45) is 0 Å². The molecule has 1 unspecified atom stereocenters. The van der Waals surface area contributed by atoms with E-state index < -0.39 is 24.8 Å². The third kappa shape index (κ3) is 4.30. The Balaban J connectivity index is 2.89. The predicted octanol–water partition coefficient (Wildman–Crippen LogP) is 3.05. The Morgan fingerprint density at radius 3 is 3.31 bits per heavy atom. The van der Waals surface area contributed by atoms with Gasteiger partial charge in [-0.2, -0.15) is 0 Å². The van der Waals surface area contributed by atoms with Crippen molar-refractivity contribution in [1.29, 1.82) is 0 Å². The molecule has 1 aliphatic heterocycles. The molecule has 1 atom stereocenters. The fourth-order valence-electron chi connectivity index (χ4n) is 1.15. The number of esters is 1. The van der Waals surface area contributed by atoms with E-state index in [0.29, 0.717) is 6.42 Å². The van der Waals surface area contributed by atoms with Crippen LogP contribution in [0, 0.1) is 0 Å². The van der Waals surface area contributed by atoms with Crippen LogP contribution in [-0.2, 0) is 9.53 Å². The zero-order valence-electron chi connectivity index (χ0n) is 13.1. The monoisotopic (exact) mass is 189 g/mol. The van der Waals surface area contributed by atoms with Gasteiger partial charge in [0.2, 0.25) is 0 Å². The van der Waals surface area contributed by atoms with Gasteiger partial charge in [-0.05, 0) is 25.6 Å². The van der Waals surface area contributed by atoms with E-state index in [4.69, 9.17) is 11.6 Å². The van der Waals surface area contributed by atoms with E-state index in [1.807, 2.05) is 6.92 Å². The van der Waals surface area contributed by atoms with Crippen molar-refractivity contribution < 1.29 is 16.4 Å². The summed E-state index contributed by atoms with van der Waals surface area (Å²) in [6.45, 7) is 1.98. The highest BCUT2D eigenvalue weighted by atomic mass is 16.5. The van der Waals surface area contributed by atoms with Crippen LogP contribution in [0.5, 0.6) is 0 Å². The Hall–Kier alpha value is -0.530. The van der Waals surface area contributed by atoms with Crippen LogP contribution in [0.1, 0.15) is 65.0 Å². The van der Waals surface area contributed by atoms with E-state index in [-0.39, 0.29) is 19.3 Å². The van der Waals surface area contributed by atoms with Crippen LogP contribution < -0.4 is 0 Å². The lowest BCUT2D eigenvalue weighted by atomic mass is 10.0. The largest absolute Gasteiger partial charge is 0.462 e. The Morgan fingerprint density at radius 2 is 2.54 bits per heavy atom. The number of hydrogen-bond acceptors (Lipinski definition) is 2. The molecule has 1 aliphatic rings. The van der Waals surface area contributed by atoms with Crippen molar-refractivity contribution in [2.45, 2.75) is 64.3 Å². The standard InChI is InChI=1S/C11H20O2/c1-2-3-4-5-7-10-8-6-9-11(12)13-10/h10H,2-9H2,1H3/i7D2,8D2,10D. The zero-order chi connectivity index (χ0) is 14.0. The van der Waals surface area contributed by atoms with Gasteiger partial charge in [0, 0.05) is 11.9 Å². The molecule has 2 heteroatoms.